The number of halogens is 2. The van der Waals surface area contributed by atoms with Gasteiger partial charge < -0.3 is 14.0 Å². The van der Waals surface area contributed by atoms with Crippen molar-refractivity contribution in [3.05, 3.63) is 82.5 Å². The van der Waals surface area contributed by atoms with Crippen molar-refractivity contribution in [2.45, 2.75) is 26.9 Å². The Hall–Kier alpha value is -3.66. The van der Waals surface area contributed by atoms with E-state index >= 15 is 0 Å². The number of nitrogens with zero attached hydrogens (tertiary/aromatic N) is 2. The molecule has 0 unspecified atom stereocenters. The normalized spacial score (nSPS) is 10.6. The second kappa shape index (κ2) is 9.43. The summed E-state index contributed by atoms with van der Waals surface area (Å²) in [5.41, 5.74) is 3.06. The van der Waals surface area contributed by atoms with Gasteiger partial charge in [0.05, 0.1) is 13.2 Å². The lowest BCUT2D eigenvalue weighted by molar-refractivity contribution is 0.0516. The van der Waals surface area contributed by atoms with Crippen LogP contribution in [0.25, 0.3) is 16.0 Å². The molecule has 0 saturated carbocycles. The quantitative estimate of drug-likeness (QED) is 0.354. The van der Waals surface area contributed by atoms with Crippen LogP contribution in [-0.2, 0) is 24.8 Å². The highest BCUT2D eigenvalue weighted by molar-refractivity contribution is 6.01. The first-order chi connectivity index (χ1) is 14.9. The number of carbonyl (C=O) groups is 1. The Labute approximate surface area is 179 Å². The van der Waals surface area contributed by atoms with Gasteiger partial charge >= 0.3 is 5.97 Å². The van der Waals surface area contributed by atoms with Crippen LogP contribution in [0.2, 0.25) is 0 Å². The Morgan fingerprint density at radius 3 is 2.29 bits per heavy atom. The van der Waals surface area contributed by atoms with Gasteiger partial charge in [0.25, 0.3) is 0 Å². The molecular formula is C24H22F2N2O3. The molecule has 0 amide bonds. The van der Waals surface area contributed by atoms with E-state index in [0.29, 0.717) is 40.2 Å². The summed E-state index contributed by atoms with van der Waals surface area (Å²) in [6.07, 6.45) is 0.589. The molecule has 5 nitrogen and oxygen atoms in total. The van der Waals surface area contributed by atoms with Gasteiger partial charge in [0, 0.05) is 24.4 Å². The summed E-state index contributed by atoms with van der Waals surface area (Å²) in [5.74, 6) is -1.33. The molecule has 0 bridgehead atoms. The van der Waals surface area contributed by atoms with Crippen LogP contribution in [0.15, 0.2) is 42.5 Å². The maximum atomic E-state index is 13.3. The van der Waals surface area contributed by atoms with E-state index in [1.165, 1.54) is 12.1 Å². The number of esters is 1. The van der Waals surface area contributed by atoms with Crippen LogP contribution in [0.3, 0.4) is 0 Å². The first-order valence-corrected chi connectivity index (χ1v) is 9.83. The predicted molar refractivity (Wildman–Crippen MR) is 113 cm³/mol. The zero-order valence-corrected chi connectivity index (χ0v) is 17.5. The lowest BCUT2D eigenvalue weighted by atomic mass is 10.0. The summed E-state index contributed by atoms with van der Waals surface area (Å²) in [4.78, 5) is 16.3. The zero-order valence-electron chi connectivity index (χ0n) is 17.5. The van der Waals surface area contributed by atoms with E-state index in [-0.39, 0.29) is 13.2 Å². The lowest BCUT2D eigenvalue weighted by Crippen LogP contribution is -2.12. The minimum absolute atomic E-state index is 0.000720. The second-order valence-electron chi connectivity index (χ2n) is 6.85. The molecule has 0 N–H and O–H groups in total. The molecule has 0 spiro atoms. The molecule has 7 heteroatoms. The smallest absolute Gasteiger partial charge is 0.354 e. The van der Waals surface area contributed by atoms with Crippen molar-refractivity contribution in [2.24, 2.45) is 7.05 Å². The molecule has 0 aliphatic heterocycles. The van der Waals surface area contributed by atoms with Gasteiger partial charge in [-0.2, -0.15) is 0 Å². The maximum absolute atomic E-state index is 13.3. The minimum Gasteiger partial charge on any atom is -0.489 e. The van der Waals surface area contributed by atoms with E-state index in [1.54, 1.807) is 42.8 Å². The monoisotopic (exact) mass is 424 g/mol. The van der Waals surface area contributed by atoms with E-state index in [0.717, 1.165) is 11.8 Å². The Morgan fingerprint density at radius 1 is 1.10 bits per heavy atom. The maximum Gasteiger partial charge on any atom is 0.354 e. The van der Waals surface area contributed by atoms with Crippen molar-refractivity contribution in [3.63, 3.8) is 0 Å². The van der Waals surface area contributed by atoms with E-state index < -0.39 is 17.6 Å². The van der Waals surface area contributed by atoms with E-state index in [9.17, 15) is 13.6 Å². The van der Waals surface area contributed by atoms with Gasteiger partial charge in [-0.25, -0.2) is 18.4 Å². The third-order valence-corrected chi connectivity index (χ3v) is 4.87. The summed E-state index contributed by atoms with van der Waals surface area (Å²) >= 11 is 0. The van der Waals surface area contributed by atoms with Crippen molar-refractivity contribution in [3.8, 4) is 16.9 Å². The van der Waals surface area contributed by atoms with Crippen LogP contribution in [0.4, 0.5) is 14.5 Å². The van der Waals surface area contributed by atoms with Crippen molar-refractivity contribution >= 4 is 11.7 Å². The van der Waals surface area contributed by atoms with Crippen molar-refractivity contribution in [2.75, 3.05) is 6.61 Å². The number of rotatable bonds is 7. The summed E-state index contributed by atoms with van der Waals surface area (Å²) in [5, 5.41) is 0. The number of carbonyl (C=O) groups excluding carboxylic acids is 1. The molecule has 1 heterocycles. The molecule has 0 saturated heterocycles. The van der Waals surface area contributed by atoms with Gasteiger partial charge in [-0.3, -0.25) is 0 Å². The molecule has 2 aromatic carbocycles. The highest BCUT2D eigenvalue weighted by atomic mass is 19.1. The third kappa shape index (κ3) is 4.58. The molecule has 160 valence electrons. The van der Waals surface area contributed by atoms with Gasteiger partial charge in [-0.15, -0.1) is 0 Å². The van der Waals surface area contributed by atoms with Crippen molar-refractivity contribution < 1.29 is 23.0 Å². The van der Waals surface area contributed by atoms with Gasteiger partial charge in [0.15, 0.2) is 0 Å². The largest absolute Gasteiger partial charge is 0.489 e. The van der Waals surface area contributed by atoms with Crippen molar-refractivity contribution in [1.82, 2.24) is 4.57 Å². The average molecular weight is 424 g/mol. The first kappa shape index (κ1) is 22.0. The van der Waals surface area contributed by atoms with Crippen LogP contribution >= 0.6 is 0 Å². The number of ether oxygens (including phenoxy) is 2. The van der Waals surface area contributed by atoms with Crippen LogP contribution in [0.5, 0.6) is 5.75 Å². The molecule has 0 aliphatic rings. The van der Waals surface area contributed by atoms with Crippen LogP contribution in [0.1, 0.15) is 35.6 Å². The van der Waals surface area contributed by atoms with Crippen LogP contribution < -0.4 is 4.74 Å². The van der Waals surface area contributed by atoms with E-state index in [1.807, 2.05) is 6.92 Å². The fourth-order valence-electron chi connectivity index (χ4n) is 3.53. The molecule has 0 atom stereocenters. The topological polar surface area (TPSA) is 44.8 Å². The summed E-state index contributed by atoms with van der Waals surface area (Å²) in [6.45, 7) is 11.5. The molecule has 3 rings (SSSR count). The van der Waals surface area contributed by atoms with E-state index in [2.05, 4.69) is 4.85 Å². The van der Waals surface area contributed by atoms with Gasteiger partial charge in [0.2, 0.25) is 5.69 Å². The van der Waals surface area contributed by atoms with E-state index in [4.69, 9.17) is 16.0 Å². The number of hydrogen-bond donors (Lipinski definition) is 0. The van der Waals surface area contributed by atoms with Crippen molar-refractivity contribution in [1.29, 1.82) is 0 Å². The zero-order chi connectivity index (χ0) is 22.5. The minimum atomic E-state index is -0.664. The van der Waals surface area contributed by atoms with Gasteiger partial charge in [0.1, 0.15) is 29.7 Å². The Kier molecular flexibility index (Phi) is 6.71. The standard InChI is InChI=1S/C24H22F2N2O3/c1-5-20-22(27-3)21(23(28(20)4)24(29)30-6-2)16-7-9-19(10-8-16)31-14-15-11-17(25)13-18(26)12-15/h7-13H,5-6,14H2,1-2,4H3. The summed E-state index contributed by atoms with van der Waals surface area (Å²) in [6, 6.07) is 10.1. The highest BCUT2D eigenvalue weighted by Gasteiger charge is 2.26. The fraction of sp³-hybridized carbons (Fsp3) is 0.250. The molecule has 0 radical (unpaired) electrons. The Balaban J connectivity index is 1.93. The van der Waals surface area contributed by atoms with Crippen LogP contribution in [0, 0.1) is 18.2 Å². The lowest BCUT2D eigenvalue weighted by Gasteiger charge is -2.10. The van der Waals surface area contributed by atoms with Gasteiger partial charge in [-0.1, -0.05) is 19.1 Å². The number of benzene rings is 2. The first-order valence-electron chi connectivity index (χ1n) is 9.83. The SMILES string of the molecule is [C-]#[N+]c1c(-c2ccc(OCc3cc(F)cc(F)c3)cc2)c(C(=O)OCC)n(C)c1CC. The fourth-order valence-corrected chi connectivity index (χ4v) is 3.53. The molecule has 3 aromatic rings. The Bertz CT molecular complexity index is 1120. The summed E-state index contributed by atoms with van der Waals surface area (Å²) < 4.78 is 39.2. The molecule has 1 aromatic heterocycles. The average Bonchev–Trinajstić information content (AvgIpc) is 3.03. The second-order valence-corrected chi connectivity index (χ2v) is 6.85. The predicted octanol–water partition coefficient (Wildman–Crippen LogP) is 5.84. The molecule has 0 fully saturated rings. The highest BCUT2D eigenvalue weighted by Crippen LogP contribution is 2.40. The number of hydrogen-bond acceptors (Lipinski definition) is 3. The Morgan fingerprint density at radius 2 is 1.74 bits per heavy atom. The molecular weight excluding hydrogens is 402 g/mol. The molecule has 0 aliphatic carbocycles. The molecule has 31 heavy (non-hydrogen) atoms. The van der Waals surface area contributed by atoms with Gasteiger partial charge in [-0.05, 0) is 48.7 Å². The number of aromatic nitrogens is 1. The third-order valence-electron chi connectivity index (χ3n) is 4.87. The van der Waals surface area contributed by atoms with Crippen LogP contribution in [-0.4, -0.2) is 17.1 Å². The summed E-state index contributed by atoms with van der Waals surface area (Å²) in [7, 11) is 1.75.